The fourth-order valence-electron chi connectivity index (χ4n) is 4.51. The first-order chi connectivity index (χ1) is 18.3. The predicted molar refractivity (Wildman–Crippen MR) is 141 cm³/mol. The summed E-state index contributed by atoms with van der Waals surface area (Å²) < 4.78 is 43.5. The van der Waals surface area contributed by atoms with Gasteiger partial charge in [0.25, 0.3) is 0 Å². The van der Waals surface area contributed by atoms with Gasteiger partial charge < -0.3 is 19.9 Å². The van der Waals surface area contributed by atoms with E-state index in [1.165, 1.54) is 27.8 Å². The molecule has 204 valence electrons. The van der Waals surface area contributed by atoms with Crippen LogP contribution in [0.3, 0.4) is 0 Å². The number of rotatable bonds is 9. The van der Waals surface area contributed by atoms with Gasteiger partial charge in [-0.25, -0.2) is 4.79 Å². The van der Waals surface area contributed by atoms with Gasteiger partial charge in [-0.1, -0.05) is 78.9 Å². The van der Waals surface area contributed by atoms with Crippen LogP contribution in [-0.2, 0) is 27.3 Å². The maximum Gasteiger partial charge on any atom is 0.490 e. The Morgan fingerprint density at radius 1 is 0.974 bits per heavy atom. The fraction of sp³-hybridized carbons (Fsp3) is 0.367. The third-order valence-electron chi connectivity index (χ3n) is 6.46. The van der Waals surface area contributed by atoms with Crippen LogP contribution >= 0.6 is 0 Å². The normalized spacial score (nSPS) is 17.4. The van der Waals surface area contributed by atoms with Crippen LogP contribution in [0, 0.1) is 0 Å². The summed E-state index contributed by atoms with van der Waals surface area (Å²) in [5.74, 6) is -2.35. The summed E-state index contributed by atoms with van der Waals surface area (Å²) in [5.41, 5.74) is 6.58. The number of aliphatic carboxylic acids is 1. The van der Waals surface area contributed by atoms with E-state index in [1.54, 1.807) is 7.11 Å². The number of carboxylic acids is 1. The summed E-state index contributed by atoms with van der Waals surface area (Å²) in [7, 11) is 1.76. The molecule has 0 saturated carbocycles. The lowest BCUT2D eigenvalue weighted by Gasteiger charge is -2.33. The molecule has 1 saturated heterocycles. The monoisotopic (exact) mass is 529 g/mol. The molecule has 0 aromatic heterocycles. The van der Waals surface area contributed by atoms with Gasteiger partial charge in [-0.15, -0.1) is 0 Å². The van der Waals surface area contributed by atoms with Crippen molar-refractivity contribution in [2.75, 3.05) is 26.8 Å². The molecule has 5 nitrogen and oxygen atoms in total. The van der Waals surface area contributed by atoms with Gasteiger partial charge in [-0.05, 0) is 53.6 Å². The summed E-state index contributed by atoms with van der Waals surface area (Å²) in [6, 6.07) is 28.3. The van der Waals surface area contributed by atoms with E-state index >= 15 is 0 Å². The van der Waals surface area contributed by atoms with Gasteiger partial charge in [-0.2, -0.15) is 13.2 Å². The molecule has 2 N–H and O–H groups in total. The highest BCUT2D eigenvalue weighted by Crippen LogP contribution is 2.31. The van der Waals surface area contributed by atoms with E-state index in [9.17, 15) is 13.2 Å². The molecule has 0 spiro atoms. The van der Waals surface area contributed by atoms with Gasteiger partial charge >= 0.3 is 12.1 Å². The fourth-order valence-corrected chi connectivity index (χ4v) is 4.51. The number of alkyl halides is 3. The zero-order valence-corrected chi connectivity index (χ0v) is 21.4. The van der Waals surface area contributed by atoms with Crippen LogP contribution in [0.2, 0.25) is 0 Å². The van der Waals surface area contributed by atoms with Crippen molar-refractivity contribution in [3.63, 3.8) is 0 Å². The maximum absolute atomic E-state index is 10.6. The number of hydrogen-bond acceptors (Lipinski definition) is 4. The molecule has 4 rings (SSSR count). The van der Waals surface area contributed by atoms with E-state index in [0.717, 1.165) is 39.0 Å². The van der Waals surface area contributed by atoms with Gasteiger partial charge in [0.2, 0.25) is 0 Å². The predicted octanol–water partition coefficient (Wildman–Crippen LogP) is 6.23. The maximum atomic E-state index is 10.6. The molecule has 0 radical (unpaired) electrons. The lowest BCUT2D eigenvalue weighted by Crippen LogP contribution is -2.41. The number of aryl methyl sites for hydroxylation is 1. The van der Waals surface area contributed by atoms with E-state index in [0.29, 0.717) is 12.5 Å². The van der Waals surface area contributed by atoms with Gasteiger partial charge in [0.05, 0.1) is 12.7 Å². The Kier molecular flexibility index (Phi) is 11.3. The Hall–Kier alpha value is -3.20. The Morgan fingerprint density at radius 3 is 2.32 bits per heavy atom. The average molecular weight is 530 g/mol. The first-order valence-corrected chi connectivity index (χ1v) is 12.6. The molecule has 8 heteroatoms. The van der Waals surface area contributed by atoms with E-state index in [1.807, 2.05) is 0 Å². The number of carboxylic acid groups (broad SMARTS) is 1. The SMILES string of the molecule is COCCCc1ccccc1CO[C@H]1CNCC[C@@H]1c1cccc(-c2ccccc2)c1.O=C(O)C(F)(F)F. The highest BCUT2D eigenvalue weighted by Gasteiger charge is 2.38. The summed E-state index contributed by atoms with van der Waals surface area (Å²) in [5, 5.41) is 10.7. The highest BCUT2D eigenvalue weighted by molar-refractivity contribution is 5.73. The topological polar surface area (TPSA) is 67.8 Å². The molecule has 3 aromatic rings. The molecule has 0 aliphatic carbocycles. The molecule has 2 atom stereocenters. The Balaban J connectivity index is 0.000000505. The molecule has 1 aliphatic rings. The number of halogens is 3. The number of nitrogens with one attached hydrogen (secondary N) is 1. The number of methoxy groups -OCH3 is 1. The second-order valence-electron chi connectivity index (χ2n) is 9.11. The van der Waals surface area contributed by atoms with Crippen molar-refractivity contribution in [2.45, 2.75) is 44.1 Å². The summed E-state index contributed by atoms with van der Waals surface area (Å²) in [6.07, 6.45) is -1.75. The van der Waals surface area contributed by atoms with Crippen LogP contribution in [-0.4, -0.2) is 50.2 Å². The van der Waals surface area contributed by atoms with Crippen molar-refractivity contribution in [3.8, 4) is 11.1 Å². The first-order valence-electron chi connectivity index (χ1n) is 12.6. The van der Waals surface area contributed by atoms with Gasteiger partial charge in [-0.3, -0.25) is 0 Å². The van der Waals surface area contributed by atoms with E-state index in [-0.39, 0.29) is 6.10 Å². The molecule has 1 fully saturated rings. The number of ether oxygens (including phenoxy) is 2. The standard InChI is InChI=1S/C28H33NO2.C2HF3O2/c1-30-18-8-15-23-11-5-6-12-26(23)21-31-28-20-29-17-16-27(28)25-14-7-13-24(19-25)22-9-3-2-4-10-22;3-2(4,5)1(6)7/h2-7,9-14,19,27-29H,8,15-18,20-21H2,1H3;(H,6,7)/t27-,28+;/m1./s1. The molecule has 38 heavy (non-hydrogen) atoms. The van der Waals surface area contributed by atoms with Crippen molar-refractivity contribution >= 4 is 5.97 Å². The van der Waals surface area contributed by atoms with Crippen LogP contribution < -0.4 is 5.32 Å². The second-order valence-corrected chi connectivity index (χ2v) is 9.11. The van der Waals surface area contributed by atoms with E-state index < -0.39 is 12.1 Å². The third kappa shape index (κ3) is 8.97. The Labute approximate surface area is 221 Å². The van der Waals surface area contributed by atoms with Crippen molar-refractivity contribution in [3.05, 3.63) is 95.6 Å². The highest BCUT2D eigenvalue weighted by atomic mass is 19.4. The molecule has 1 aliphatic heterocycles. The zero-order chi connectivity index (χ0) is 27.4. The molecule has 0 amide bonds. The minimum atomic E-state index is -5.08. The number of benzene rings is 3. The molecular weight excluding hydrogens is 495 g/mol. The van der Waals surface area contributed by atoms with Crippen molar-refractivity contribution in [2.24, 2.45) is 0 Å². The van der Waals surface area contributed by atoms with Crippen LogP contribution in [0.15, 0.2) is 78.9 Å². The summed E-state index contributed by atoms with van der Waals surface area (Å²) >= 11 is 0. The second kappa shape index (κ2) is 14.7. The van der Waals surface area contributed by atoms with E-state index in [4.69, 9.17) is 19.4 Å². The van der Waals surface area contributed by atoms with Gasteiger partial charge in [0.1, 0.15) is 0 Å². The minimum Gasteiger partial charge on any atom is -0.475 e. The molecule has 0 unspecified atom stereocenters. The van der Waals surface area contributed by atoms with Crippen molar-refractivity contribution in [1.82, 2.24) is 5.32 Å². The Morgan fingerprint density at radius 2 is 1.63 bits per heavy atom. The van der Waals surface area contributed by atoms with Crippen molar-refractivity contribution in [1.29, 1.82) is 0 Å². The lowest BCUT2D eigenvalue weighted by atomic mass is 9.86. The lowest BCUT2D eigenvalue weighted by molar-refractivity contribution is -0.192. The zero-order valence-electron chi connectivity index (χ0n) is 21.4. The van der Waals surface area contributed by atoms with E-state index in [2.05, 4.69) is 84.2 Å². The Bertz CT molecular complexity index is 1140. The number of hydrogen-bond donors (Lipinski definition) is 2. The number of carbonyl (C=O) groups is 1. The molecule has 3 aromatic carbocycles. The smallest absolute Gasteiger partial charge is 0.475 e. The molecular formula is C30H34F3NO4. The summed E-state index contributed by atoms with van der Waals surface area (Å²) in [6.45, 7) is 3.38. The van der Waals surface area contributed by atoms with Crippen LogP contribution in [0.5, 0.6) is 0 Å². The largest absolute Gasteiger partial charge is 0.490 e. The first kappa shape index (κ1) is 29.4. The number of piperidine rings is 1. The quantitative estimate of drug-likeness (QED) is 0.322. The molecule has 1 heterocycles. The van der Waals surface area contributed by atoms with Crippen LogP contribution in [0.25, 0.3) is 11.1 Å². The van der Waals surface area contributed by atoms with Gasteiger partial charge in [0, 0.05) is 26.2 Å². The van der Waals surface area contributed by atoms with Gasteiger partial charge in [0.15, 0.2) is 0 Å². The van der Waals surface area contributed by atoms with Crippen molar-refractivity contribution < 1.29 is 32.5 Å². The summed E-state index contributed by atoms with van der Waals surface area (Å²) in [4.78, 5) is 8.90. The van der Waals surface area contributed by atoms with Crippen LogP contribution in [0.1, 0.15) is 35.4 Å². The molecule has 0 bridgehead atoms. The average Bonchev–Trinajstić information content (AvgIpc) is 2.93. The third-order valence-corrected chi connectivity index (χ3v) is 6.46. The van der Waals surface area contributed by atoms with Crippen LogP contribution in [0.4, 0.5) is 13.2 Å². The minimum absolute atomic E-state index is 0.173.